The molecule has 0 fully saturated rings. The third-order valence-corrected chi connectivity index (χ3v) is 3.61. The average molecular weight is 263 g/mol. The van der Waals surface area contributed by atoms with E-state index in [-0.39, 0.29) is 6.04 Å². The van der Waals surface area contributed by atoms with Crippen molar-refractivity contribution in [3.05, 3.63) is 72.3 Å². The summed E-state index contributed by atoms with van der Waals surface area (Å²) in [6.45, 7) is 0. The Bertz CT molecular complexity index is 689. The maximum atomic E-state index is 6.37. The quantitative estimate of drug-likeness (QED) is 0.786. The Balaban J connectivity index is 1.80. The summed E-state index contributed by atoms with van der Waals surface area (Å²) in [4.78, 5) is 8.24. The number of benzene rings is 1. The highest BCUT2D eigenvalue weighted by Gasteiger charge is 2.10. The number of hydrogen-bond donors (Lipinski definition) is 1. The van der Waals surface area contributed by atoms with Crippen molar-refractivity contribution in [3.8, 4) is 0 Å². The Morgan fingerprint density at radius 2 is 1.75 bits per heavy atom. The van der Waals surface area contributed by atoms with E-state index in [0.717, 1.165) is 18.2 Å². The summed E-state index contributed by atoms with van der Waals surface area (Å²) < 4.78 is 0. The van der Waals surface area contributed by atoms with E-state index >= 15 is 0 Å². The van der Waals surface area contributed by atoms with E-state index < -0.39 is 0 Å². The molecule has 0 amide bonds. The number of aromatic nitrogens is 2. The molecular formula is C17H17N3. The van der Waals surface area contributed by atoms with Gasteiger partial charge in [0.1, 0.15) is 0 Å². The zero-order valence-corrected chi connectivity index (χ0v) is 11.2. The van der Waals surface area contributed by atoms with Crippen LogP contribution in [0.1, 0.15) is 23.6 Å². The number of pyridine rings is 2. The first-order valence-electron chi connectivity index (χ1n) is 6.82. The fourth-order valence-corrected chi connectivity index (χ4v) is 2.49. The molecule has 3 heteroatoms. The Hall–Kier alpha value is -2.26. The fraction of sp³-hybridized carbons (Fsp3) is 0.176. The maximum absolute atomic E-state index is 6.37. The second-order valence-electron chi connectivity index (χ2n) is 4.94. The molecule has 1 unspecified atom stereocenters. The van der Waals surface area contributed by atoms with E-state index in [0.29, 0.717) is 0 Å². The lowest BCUT2D eigenvalue weighted by Gasteiger charge is -2.14. The number of fused-ring (bicyclic) bond motifs is 1. The zero-order chi connectivity index (χ0) is 13.8. The van der Waals surface area contributed by atoms with Crippen LogP contribution in [0.2, 0.25) is 0 Å². The van der Waals surface area contributed by atoms with Crippen LogP contribution in [0.15, 0.2) is 61.2 Å². The molecule has 3 rings (SSSR count). The summed E-state index contributed by atoms with van der Waals surface area (Å²) in [5, 5.41) is 2.34. The summed E-state index contributed by atoms with van der Waals surface area (Å²) in [5.41, 5.74) is 8.81. The predicted molar refractivity (Wildman–Crippen MR) is 81.2 cm³/mol. The van der Waals surface area contributed by atoms with Crippen molar-refractivity contribution in [1.82, 2.24) is 9.97 Å². The van der Waals surface area contributed by atoms with Gasteiger partial charge in [0, 0.05) is 36.2 Å². The first kappa shape index (κ1) is 12.8. The number of rotatable bonds is 4. The molecule has 2 N–H and O–H groups in total. The largest absolute Gasteiger partial charge is 0.324 e. The van der Waals surface area contributed by atoms with E-state index in [1.54, 1.807) is 0 Å². The van der Waals surface area contributed by atoms with Crippen LogP contribution >= 0.6 is 0 Å². The second-order valence-corrected chi connectivity index (χ2v) is 4.94. The monoisotopic (exact) mass is 263 g/mol. The van der Waals surface area contributed by atoms with Crippen molar-refractivity contribution >= 4 is 10.8 Å². The van der Waals surface area contributed by atoms with Crippen LogP contribution in [0.3, 0.4) is 0 Å². The summed E-state index contributed by atoms with van der Waals surface area (Å²) in [6.07, 6.45) is 9.23. The van der Waals surface area contributed by atoms with Crippen LogP contribution in [0.25, 0.3) is 10.8 Å². The SMILES string of the molecule is NC(CCc1ccncc1)c1cccc2ccncc12. The lowest BCUT2D eigenvalue weighted by atomic mass is 9.96. The Kier molecular flexibility index (Phi) is 3.70. The predicted octanol–water partition coefficient (Wildman–Crippen LogP) is 3.26. The minimum atomic E-state index is 0.0241. The van der Waals surface area contributed by atoms with E-state index in [4.69, 9.17) is 5.73 Å². The standard InChI is InChI=1S/C17H17N3/c18-17(5-4-13-6-9-19-10-7-13)15-3-1-2-14-8-11-20-12-16(14)15/h1-3,6-12,17H,4-5,18H2. The van der Waals surface area contributed by atoms with Gasteiger partial charge in [0.2, 0.25) is 0 Å². The van der Waals surface area contributed by atoms with E-state index in [9.17, 15) is 0 Å². The average Bonchev–Trinajstić information content (AvgIpc) is 2.53. The molecular weight excluding hydrogens is 246 g/mol. The topological polar surface area (TPSA) is 51.8 Å². The van der Waals surface area contributed by atoms with Gasteiger partial charge in [-0.3, -0.25) is 9.97 Å². The Morgan fingerprint density at radius 1 is 0.950 bits per heavy atom. The van der Waals surface area contributed by atoms with Crippen molar-refractivity contribution in [2.45, 2.75) is 18.9 Å². The molecule has 0 aliphatic heterocycles. The van der Waals surface area contributed by atoms with Gasteiger partial charge in [-0.05, 0) is 47.6 Å². The molecule has 1 atom stereocenters. The molecule has 100 valence electrons. The molecule has 2 heterocycles. The van der Waals surface area contributed by atoms with Gasteiger partial charge < -0.3 is 5.73 Å². The summed E-state index contributed by atoms with van der Waals surface area (Å²) in [5.74, 6) is 0. The maximum Gasteiger partial charge on any atom is 0.0349 e. The molecule has 3 nitrogen and oxygen atoms in total. The Morgan fingerprint density at radius 3 is 2.60 bits per heavy atom. The van der Waals surface area contributed by atoms with Crippen LogP contribution < -0.4 is 5.73 Å². The summed E-state index contributed by atoms with van der Waals surface area (Å²) in [7, 11) is 0. The van der Waals surface area contributed by atoms with Gasteiger partial charge in [0.15, 0.2) is 0 Å². The van der Waals surface area contributed by atoms with Gasteiger partial charge in [-0.15, -0.1) is 0 Å². The molecule has 20 heavy (non-hydrogen) atoms. The minimum absolute atomic E-state index is 0.0241. The third-order valence-electron chi connectivity index (χ3n) is 3.61. The van der Waals surface area contributed by atoms with Crippen molar-refractivity contribution in [1.29, 1.82) is 0 Å². The Labute approximate surface area is 118 Å². The van der Waals surface area contributed by atoms with E-state index in [1.165, 1.54) is 16.5 Å². The molecule has 0 saturated heterocycles. The van der Waals surface area contributed by atoms with Gasteiger partial charge in [-0.1, -0.05) is 18.2 Å². The number of hydrogen-bond acceptors (Lipinski definition) is 3. The molecule has 0 saturated carbocycles. The third kappa shape index (κ3) is 2.68. The number of nitrogens with two attached hydrogens (primary N) is 1. The number of aryl methyl sites for hydroxylation is 1. The van der Waals surface area contributed by atoms with Gasteiger partial charge in [-0.2, -0.15) is 0 Å². The first-order chi connectivity index (χ1) is 9.84. The van der Waals surface area contributed by atoms with Crippen LogP contribution in [-0.4, -0.2) is 9.97 Å². The summed E-state index contributed by atoms with van der Waals surface area (Å²) in [6, 6.07) is 12.4. The second kappa shape index (κ2) is 5.80. The lowest BCUT2D eigenvalue weighted by Crippen LogP contribution is -2.12. The van der Waals surface area contributed by atoms with Crippen molar-refractivity contribution in [3.63, 3.8) is 0 Å². The molecule has 0 spiro atoms. The van der Waals surface area contributed by atoms with Crippen LogP contribution in [-0.2, 0) is 6.42 Å². The van der Waals surface area contributed by atoms with E-state index in [1.807, 2.05) is 43.0 Å². The highest BCUT2D eigenvalue weighted by molar-refractivity contribution is 5.85. The van der Waals surface area contributed by atoms with E-state index in [2.05, 4.69) is 28.2 Å². The van der Waals surface area contributed by atoms with Gasteiger partial charge >= 0.3 is 0 Å². The number of nitrogens with zero attached hydrogens (tertiary/aromatic N) is 2. The molecule has 0 aliphatic rings. The van der Waals surface area contributed by atoms with Gasteiger partial charge in [-0.25, -0.2) is 0 Å². The molecule has 0 radical (unpaired) electrons. The lowest BCUT2D eigenvalue weighted by molar-refractivity contribution is 0.655. The molecule has 0 bridgehead atoms. The molecule has 1 aromatic carbocycles. The highest BCUT2D eigenvalue weighted by atomic mass is 14.6. The molecule has 3 aromatic rings. The van der Waals surface area contributed by atoms with Crippen molar-refractivity contribution in [2.24, 2.45) is 5.73 Å². The first-order valence-corrected chi connectivity index (χ1v) is 6.82. The molecule has 2 aromatic heterocycles. The van der Waals surface area contributed by atoms with Gasteiger partial charge in [0.05, 0.1) is 0 Å². The normalized spacial score (nSPS) is 12.4. The smallest absolute Gasteiger partial charge is 0.0349 e. The minimum Gasteiger partial charge on any atom is -0.324 e. The zero-order valence-electron chi connectivity index (χ0n) is 11.2. The van der Waals surface area contributed by atoms with Gasteiger partial charge in [0.25, 0.3) is 0 Å². The highest BCUT2D eigenvalue weighted by Crippen LogP contribution is 2.24. The fourth-order valence-electron chi connectivity index (χ4n) is 2.49. The van der Waals surface area contributed by atoms with Crippen LogP contribution in [0, 0.1) is 0 Å². The summed E-state index contributed by atoms with van der Waals surface area (Å²) >= 11 is 0. The van der Waals surface area contributed by atoms with Crippen LogP contribution in [0.5, 0.6) is 0 Å². The van der Waals surface area contributed by atoms with Crippen LogP contribution in [0.4, 0.5) is 0 Å². The van der Waals surface area contributed by atoms with Crippen molar-refractivity contribution < 1.29 is 0 Å². The van der Waals surface area contributed by atoms with Crippen molar-refractivity contribution in [2.75, 3.05) is 0 Å². The molecule has 0 aliphatic carbocycles.